The van der Waals surface area contributed by atoms with Gasteiger partial charge in [-0.2, -0.15) is 0 Å². The van der Waals surface area contributed by atoms with Crippen LogP contribution < -0.4 is 16.0 Å². The topological polar surface area (TPSA) is 90.5 Å². The van der Waals surface area contributed by atoms with Gasteiger partial charge in [-0.05, 0) is 6.42 Å². The Kier molecular flexibility index (Phi) is 10.1. The van der Waals surface area contributed by atoms with Crippen molar-refractivity contribution in [3.8, 4) is 0 Å². The van der Waals surface area contributed by atoms with Crippen LogP contribution in [0.1, 0.15) is 40.0 Å². The number of aliphatic hydroxyl groups excluding tert-OH is 1. The van der Waals surface area contributed by atoms with Crippen molar-refractivity contribution in [1.29, 1.82) is 0 Å². The summed E-state index contributed by atoms with van der Waals surface area (Å²) >= 11 is 0. The number of aliphatic hydroxyl groups is 1. The summed E-state index contributed by atoms with van der Waals surface area (Å²) in [5.41, 5.74) is 0. The molecule has 6 heteroatoms. The molecule has 1 atom stereocenters. The second-order valence-electron chi connectivity index (χ2n) is 4.81. The molecule has 0 aliphatic heterocycles. The van der Waals surface area contributed by atoms with Crippen LogP contribution in [-0.2, 0) is 9.59 Å². The van der Waals surface area contributed by atoms with Crippen LogP contribution in [-0.4, -0.2) is 48.7 Å². The van der Waals surface area contributed by atoms with Gasteiger partial charge in [0.1, 0.15) is 6.04 Å². The Bertz CT molecular complexity index is 270. The van der Waals surface area contributed by atoms with E-state index in [1.807, 2.05) is 20.8 Å². The molecule has 0 aliphatic carbocycles. The van der Waals surface area contributed by atoms with E-state index >= 15 is 0 Å². The molecule has 0 aliphatic rings. The molecule has 0 saturated carbocycles. The lowest BCUT2D eigenvalue weighted by Crippen LogP contribution is -2.49. The van der Waals surface area contributed by atoms with E-state index < -0.39 is 6.04 Å². The van der Waals surface area contributed by atoms with E-state index in [4.69, 9.17) is 5.11 Å². The zero-order valence-corrected chi connectivity index (χ0v) is 12.2. The monoisotopic (exact) mass is 273 g/mol. The van der Waals surface area contributed by atoms with Crippen molar-refractivity contribution in [1.82, 2.24) is 16.0 Å². The Morgan fingerprint density at radius 1 is 1.21 bits per heavy atom. The van der Waals surface area contributed by atoms with Crippen LogP contribution in [0, 0.1) is 0 Å². The van der Waals surface area contributed by atoms with Gasteiger partial charge in [0, 0.05) is 25.6 Å². The molecule has 0 fully saturated rings. The molecular weight excluding hydrogens is 246 g/mol. The van der Waals surface area contributed by atoms with Gasteiger partial charge in [-0.15, -0.1) is 0 Å². The highest BCUT2D eigenvalue weighted by molar-refractivity contribution is 5.87. The lowest BCUT2D eigenvalue weighted by atomic mass is 10.2. The van der Waals surface area contributed by atoms with Crippen molar-refractivity contribution < 1.29 is 14.7 Å². The summed E-state index contributed by atoms with van der Waals surface area (Å²) in [6.07, 6.45) is 2.16. The van der Waals surface area contributed by atoms with E-state index in [0.717, 1.165) is 12.8 Å². The number of carbonyl (C=O) groups excluding carboxylic acids is 2. The molecule has 0 bridgehead atoms. The van der Waals surface area contributed by atoms with Crippen LogP contribution in [0.25, 0.3) is 0 Å². The lowest BCUT2D eigenvalue weighted by Gasteiger charge is -2.16. The largest absolute Gasteiger partial charge is 0.394 e. The first-order valence-electron chi connectivity index (χ1n) is 6.92. The van der Waals surface area contributed by atoms with Gasteiger partial charge in [0.15, 0.2) is 0 Å². The molecule has 6 nitrogen and oxygen atoms in total. The molecule has 0 aromatic rings. The highest BCUT2D eigenvalue weighted by atomic mass is 16.3. The summed E-state index contributed by atoms with van der Waals surface area (Å²) in [4.78, 5) is 23.3. The number of hydrogen-bond donors (Lipinski definition) is 4. The minimum absolute atomic E-state index is 0.238. The van der Waals surface area contributed by atoms with Gasteiger partial charge in [-0.1, -0.05) is 27.2 Å². The fraction of sp³-hybridized carbons (Fsp3) is 0.846. The SMILES string of the molecule is CCCCNC(=O)[C@@H](CO)NC(=O)CCNC(C)C. The normalized spacial score (nSPS) is 12.3. The molecule has 4 N–H and O–H groups in total. The summed E-state index contributed by atoms with van der Waals surface area (Å²) in [6, 6.07) is -0.540. The molecular formula is C13H27N3O3. The summed E-state index contributed by atoms with van der Waals surface area (Å²) in [5.74, 6) is -0.570. The first-order valence-corrected chi connectivity index (χ1v) is 6.92. The van der Waals surface area contributed by atoms with Gasteiger partial charge in [-0.3, -0.25) is 9.59 Å². The van der Waals surface area contributed by atoms with Gasteiger partial charge < -0.3 is 21.1 Å². The number of hydrogen-bond acceptors (Lipinski definition) is 4. The Morgan fingerprint density at radius 3 is 2.42 bits per heavy atom. The molecule has 0 heterocycles. The maximum atomic E-state index is 11.7. The van der Waals surface area contributed by atoms with Crippen LogP contribution in [0.3, 0.4) is 0 Å². The highest BCUT2D eigenvalue weighted by Crippen LogP contribution is 1.89. The molecule has 0 aromatic carbocycles. The van der Waals surface area contributed by atoms with Crippen molar-refractivity contribution in [3.05, 3.63) is 0 Å². The maximum absolute atomic E-state index is 11.7. The van der Waals surface area contributed by atoms with Gasteiger partial charge in [0.2, 0.25) is 11.8 Å². The minimum atomic E-state index is -0.858. The molecule has 0 aromatic heterocycles. The van der Waals surface area contributed by atoms with Crippen molar-refractivity contribution in [3.63, 3.8) is 0 Å². The molecule has 19 heavy (non-hydrogen) atoms. The molecule has 112 valence electrons. The molecule has 0 unspecified atom stereocenters. The average molecular weight is 273 g/mol. The predicted octanol–water partition coefficient (Wildman–Crippen LogP) is -0.232. The van der Waals surface area contributed by atoms with Crippen LogP contribution >= 0.6 is 0 Å². The molecule has 0 radical (unpaired) electrons. The third-order valence-corrected chi connectivity index (χ3v) is 2.57. The smallest absolute Gasteiger partial charge is 0.244 e. The molecule has 0 rings (SSSR count). The number of rotatable bonds is 10. The second-order valence-corrected chi connectivity index (χ2v) is 4.81. The standard InChI is InChI=1S/C13H27N3O3/c1-4-5-7-15-13(19)11(9-17)16-12(18)6-8-14-10(2)3/h10-11,14,17H,4-9H2,1-3H3,(H,15,19)(H,16,18)/t11-/m1/s1. The van der Waals surface area contributed by atoms with Crippen LogP contribution in [0.4, 0.5) is 0 Å². The Labute approximate surface area is 115 Å². The van der Waals surface area contributed by atoms with Crippen LogP contribution in [0.2, 0.25) is 0 Å². The number of unbranched alkanes of at least 4 members (excludes halogenated alkanes) is 1. The summed E-state index contributed by atoms with van der Waals surface area (Å²) < 4.78 is 0. The third kappa shape index (κ3) is 9.44. The van der Waals surface area contributed by atoms with E-state index in [1.165, 1.54) is 0 Å². The van der Waals surface area contributed by atoms with E-state index in [9.17, 15) is 9.59 Å². The quantitative estimate of drug-likeness (QED) is 0.414. The van der Waals surface area contributed by atoms with Crippen LogP contribution in [0.5, 0.6) is 0 Å². The maximum Gasteiger partial charge on any atom is 0.244 e. The van der Waals surface area contributed by atoms with Crippen LogP contribution in [0.15, 0.2) is 0 Å². The first kappa shape index (κ1) is 17.9. The fourth-order valence-corrected chi connectivity index (χ4v) is 1.45. The second kappa shape index (κ2) is 10.8. The Morgan fingerprint density at radius 2 is 1.89 bits per heavy atom. The van der Waals surface area contributed by atoms with Gasteiger partial charge in [-0.25, -0.2) is 0 Å². The molecule has 0 saturated heterocycles. The highest BCUT2D eigenvalue weighted by Gasteiger charge is 2.18. The lowest BCUT2D eigenvalue weighted by molar-refractivity contribution is -0.129. The number of carbonyl (C=O) groups is 2. The zero-order chi connectivity index (χ0) is 14.7. The predicted molar refractivity (Wildman–Crippen MR) is 74.7 cm³/mol. The van der Waals surface area contributed by atoms with E-state index in [2.05, 4.69) is 16.0 Å². The summed E-state index contributed by atoms with van der Waals surface area (Å²) in [5, 5.41) is 17.5. The first-order chi connectivity index (χ1) is 9.01. The number of nitrogens with one attached hydrogen (secondary N) is 3. The number of amides is 2. The van der Waals surface area contributed by atoms with Crippen molar-refractivity contribution in [2.75, 3.05) is 19.7 Å². The van der Waals surface area contributed by atoms with E-state index in [-0.39, 0.29) is 24.8 Å². The summed E-state index contributed by atoms with van der Waals surface area (Å²) in [6.45, 7) is 6.75. The zero-order valence-electron chi connectivity index (χ0n) is 12.2. The van der Waals surface area contributed by atoms with Crippen molar-refractivity contribution in [2.45, 2.75) is 52.1 Å². The minimum Gasteiger partial charge on any atom is -0.394 e. The van der Waals surface area contributed by atoms with Crippen molar-refractivity contribution in [2.24, 2.45) is 0 Å². The molecule has 0 spiro atoms. The average Bonchev–Trinajstić information content (AvgIpc) is 2.35. The van der Waals surface area contributed by atoms with E-state index in [1.54, 1.807) is 0 Å². The fourth-order valence-electron chi connectivity index (χ4n) is 1.45. The Hall–Kier alpha value is -1.14. The van der Waals surface area contributed by atoms with Crippen molar-refractivity contribution >= 4 is 11.8 Å². The van der Waals surface area contributed by atoms with Gasteiger partial charge >= 0.3 is 0 Å². The Balaban J connectivity index is 3.95. The van der Waals surface area contributed by atoms with Gasteiger partial charge in [0.05, 0.1) is 6.61 Å². The molecule has 2 amide bonds. The van der Waals surface area contributed by atoms with E-state index in [0.29, 0.717) is 19.1 Å². The summed E-state index contributed by atoms with van der Waals surface area (Å²) in [7, 11) is 0. The third-order valence-electron chi connectivity index (χ3n) is 2.57. The van der Waals surface area contributed by atoms with Gasteiger partial charge in [0.25, 0.3) is 0 Å².